The van der Waals surface area contributed by atoms with E-state index in [2.05, 4.69) is 16.7 Å². The Morgan fingerprint density at radius 3 is 1.34 bits per heavy atom. The topological polar surface area (TPSA) is 59.3 Å². The fraction of sp³-hybridized carbons (Fsp3) is 0.194. The molecular formula is C31H30NO6+. The van der Waals surface area contributed by atoms with Gasteiger partial charge >= 0.3 is 0 Å². The second-order valence-electron chi connectivity index (χ2n) is 8.59. The summed E-state index contributed by atoms with van der Waals surface area (Å²) in [5.41, 5.74) is 4.53. The van der Waals surface area contributed by atoms with Crippen molar-refractivity contribution in [2.75, 3.05) is 42.7 Å². The summed E-state index contributed by atoms with van der Waals surface area (Å²) in [6.45, 7) is 0. The van der Waals surface area contributed by atoms with Gasteiger partial charge in [-0.2, -0.15) is 4.57 Å². The number of hydrogen-bond donors (Lipinski definition) is 0. The van der Waals surface area contributed by atoms with Crippen molar-refractivity contribution < 1.29 is 33.0 Å². The molecule has 0 radical (unpaired) electrons. The third-order valence-electron chi connectivity index (χ3n) is 6.66. The average Bonchev–Trinajstić information content (AvgIpc) is 2.98. The van der Waals surface area contributed by atoms with E-state index in [9.17, 15) is 0 Å². The molecule has 0 aliphatic rings. The molecule has 0 aliphatic heterocycles. The van der Waals surface area contributed by atoms with Gasteiger partial charge in [0.05, 0.1) is 77.7 Å². The maximum atomic E-state index is 5.97. The van der Waals surface area contributed by atoms with E-state index in [1.807, 2.05) is 60.7 Å². The largest absolute Gasteiger partial charge is 0.496 e. The van der Waals surface area contributed by atoms with Crippen LogP contribution in [0.4, 0.5) is 0 Å². The number of ether oxygens (including phenoxy) is 6. The normalized spacial score (nSPS) is 10.9. The zero-order valence-corrected chi connectivity index (χ0v) is 22.3. The van der Waals surface area contributed by atoms with Crippen LogP contribution in [0.25, 0.3) is 38.6 Å². The Hall–Kier alpha value is -4.65. The van der Waals surface area contributed by atoms with E-state index in [1.165, 1.54) is 0 Å². The minimum Gasteiger partial charge on any atom is -0.496 e. The molecule has 0 amide bonds. The Kier molecular flexibility index (Phi) is 6.83. The predicted molar refractivity (Wildman–Crippen MR) is 148 cm³/mol. The summed E-state index contributed by atoms with van der Waals surface area (Å²) in [6.07, 6.45) is 0. The van der Waals surface area contributed by atoms with E-state index in [0.29, 0.717) is 34.5 Å². The van der Waals surface area contributed by atoms with Gasteiger partial charge in [-0.15, -0.1) is 0 Å². The van der Waals surface area contributed by atoms with Crippen LogP contribution in [-0.4, -0.2) is 42.7 Å². The number of pyridine rings is 1. The van der Waals surface area contributed by atoms with Crippen molar-refractivity contribution in [3.63, 3.8) is 0 Å². The molecule has 0 saturated heterocycles. The second-order valence-corrected chi connectivity index (χ2v) is 8.59. The van der Waals surface area contributed by atoms with E-state index in [-0.39, 0.29) is 0 Å². The number of nitrogens with zero attached hydrogens (tertiary/aromatic N) is 1. The Labute approximate surface area is 221 Å². The molecule has 1 aromatic heterocycles. The van der Waals surface area contributed by atoms with Gasteiger partial charge in [-0.3, -0.25) is 0 Å². The van der Waals surface area contributed by atoms with Gasteiger partial charge in [0.2, 0.25) is 16.7 Å². The summed E-state index contributed by atoms with van der Waals surface area (Å²) in [5.74, 6) is 3.97. The van der Waals surface area contributed by atoms with E-state index in [0.717, 1.165) is 38.6 Å². The average molecular weight is 513 g/mol. The molecule has 0 atom stereocenters. The molecule has 5 aromatic rings. The highest BCUT2D eigenvalue weighted by Gasteiger charge is 2.30. The van der Waals surface area contributed by atoms with Gasteiger partial charge in [0.1, 0.15) is 34.5 Å². The van der Waals surface area contributed by atoms with E-state index in [1.54, 1.807) is 42.7 Å². The van der Waals surface area contributed by atoms with Crippen LogP contribution < -0.4 is 33.0 Å². The van der Waals surface area contributed by atoms with Gasteiger partial charge in [-0.05, 0) is 5.56 Å². The van der Waals surface area contributed by atoms with Crippen molar-refractivity contribution >= 4 is 21.8 Å². The van der Waals surface area contributed by atoms with Gasteiger partial charge in [0, 0.05) is 23.8 Å². The summed E-state index contributed by atoms with van der Waals surface area (Å²) in [7, 11) is 9.89. The smallest absolute Gasteiger partial charge is 0.227 e. The summed E-state index contributed by atoms with van der Waals surface area (Å²) in [4.78, 5) is 0. The first kappa shape index (κ1) is 25.0. The lowest BCUT2D eigenvalue weighted by Gasteiger charge is -2.18. The molecule has 0 spiro atoms. The number of aromatic nitrogens is 1. The van der Waals surface area contributed by atoms with Crippen LogP contribution in [0, 0.1) is 0 Å². The Bertz CT molecular complexity index is 1540. The lowest BCUT2D eigenvalue weighted by molar-refractivity contribution is -0.538. The van der Waals surface area contributed by atoms with Crippen LogP contribution in [0.5, 0.6) is 34.5 Å². The third-order valence-corrected chi connectivity index (χ3v) is 6.66. The second kappa shape index (κ2) is 10.4. The molecule has 0 aliphatic carbocycles. The number of fused-ring (bicyclic) bond motifs is 2. The van der Waals surface area contributed by atoms with E-state index >= 15 is 0 Å². The van der Waals surface area contributed by atoms with Gasteiger partial charge in [0.25, 0.3) is 0 Å². The highest BCUT2D eigenvalue weighted by Crippen LogP contribution is 2.45. The number of hydrogen-bond acceptors (Lipinski definition) is 6. The maximum Gasteiger partial charge on any atom is 0.227 e. The summed E-state index contributed by atoms with van der Waals surface area (Å²) in [5, 5.41) is 1.80. The zero-order chi connectivity index (χ0) is 26.8. The molecule has 1 heterocycles. The summed E-state index contributed by atoms with van der Waals surface area (Å²) in [6, 6.07) is 23.8. The van der Waals surface area contributed by atoms with Crippen molar-refractivity contribution in [2.24, 2.45) is 0 Å². The van der Waals surface area contributed by atoms with Gasteiger partial charge in [0.15, 0.2) is 0 Å². The van der Waals surface area contributed by atoms with Crippen LogP contribution in [0.2, 0.25) is 0 Å². The summed E-state index contributed by atoms with van der Waals surface area (Å²) < 4.78 is 36.7. The molecule has 38 heavy (non-hydrogen) atoms. The van der Waals surface area contributed by atoms with Crippen molar-refractivity contribution in [1.82, 2.24) is 0 Å². The van der Waals surface area contributed by atoms with Crippen molar-refractivity contribution in [2.45, 2.75) is 0 Å². The molecule has 5 rings (SSSR count). The molecule has 194 valence electrons. The fourth-order valence-corrected chi connectivity index (χ4v) is 4.91. The molecule has 0 unspecified atom stereocenters. The van der Waals surface area contributed by atoms with Crippen molar-refractivity contribution in [1.29, 1.82) is 0 Å². The first-order chi connectivity index (χ1) is 18.6. The van der Waals surface area contributed by atoms with Gasteiger partial charge in [-0.25, -0.2) is 0 Å². The Balaban J connectivity index is 2.12. The van der Waals surface area contributed by atoms with Gasteiger partial charge in [-0.1, -0.05) is 30.3 Å². The molecule has 7 nitrogen and oxygen atoms in total. The maximum absolute atomic E-state index is 5.97. The van der Waals surface area contributed by atoms with E-state index in [4.69, 9.17) is 28.4 Å². The van der Waals surface area contributed by atoms with Crippen LogP contribution in [0.1, 0.15) is 0 Å². The molecular weight excluding hydrogens is 482 g/mol. The lowest BCUT2D eigenvalue weighted by atomic mass is 9.93. The minimum atomic E-state index is 0.657. The Morgan fingerprint density at radius 2 is 0.921 bits per heavy atom. The highest BCUT2D eigenvalue weighted by atomic mass is 16.5. The number of benzene rings is 4. The third kappa shape index (κ3) is 4.16. The standard InChI is InChI=1S/C31H30NO6/c1-33-21-12-20(13-22(14-21)34-2)32-25-15-23(35-3)17-27(37-5)30(25)29(19-10-8-7-9-11-19)31-26(32)16-24(36-4)18-28(31)38-6/h7-18H,1-6H3/q+1. The monoisotopic (exact) mass is 512 g/mol. The molecule has 0 saturated carbocycles. The van der Waals surface area contributed by atoms with Crippen LogP contribution in [-0.2, 0) is 0 Å². The molecule has 0 fully saturated rings. The van der Waals surface area contributed by atoms with Crippen LogP contribution >= 0.6 is 0 Å². The first-order valence-corrected chi connectivity index (χ1v) is 12.0. The van der Waals surface area contributed by atoms with E-state index < -0.39 is 0 Å². The van der Waals surface area contributed by atoms with Crippen LogP contribution in [0.3, 0.4) is 0 Å². The van der Waals surface area contributed by atoms with Gasteiger partial charge < -0.3 is 28.4 Å². The SMILES string of the molecule is COc1cc(OC)cc(-[n+]2c3cc(OC)cc(OC)c3c(-c3ccccc3)c3c(OC)cc(OC)cc32)c1. The highest BCUT2D eigenvalue weighted by molar-refractivity contribution is 6.12. The predicted octanol–water partition coefficient (Wildman–Crippen LogP) is 5.99. The van der Waals surface area contributed by atoms with Crippen molar-refractivity contribution in [3.05, 3.63) is 72.8 Å². The fourth-order valence-electron chi connectivity index (χ4n) is 4.91. The molecule has 7 heteroatoms. The minimum absolute atomic E-state index is 0.657. The quantitative estimate of drug-likeness (QED) is 0.188. The molecule has 4 aromatic carbocycles. The number of rotatable bonds is 8. The molecule has 0 N–H and O–H groups in total. The van der Waals surface area contributed by atoms with Crippen molar-refractivity contribution in [3.8, 4) is 51.3 Å². The number of methoxy groups -OCH3 is 6. The summed E-state index contributed by atoms with van der Waals surface area (Å²) >= 11 is 0. The van der Waals surface area contributed by atoms with Crippen LogP contribution in [0.15, 0.2) is 72.8 Å². The zero-order valence-electron chi connectivity index (χ0n) is 22.3. The first-order valence-electron chi connectivity index (χ1n) is 12.0. The molecule has 0 bridgehead atoms. The Morgan fingerprint density at radius 1 is 0.474 bits per heavy atom. The lowest BCUT2D eigenvalue weighted by Crippen LogP contribution is -2.33.